The third kappa shape index (κ3) is 1.12. The molecule has 1 aromatic carbocycles. The molecule has 72 valence electrons. The molecule has 0 spiro atoms. The van der Waals surface area contributed by atoms with E-state index in [9.17, 15) is 9.90 Å². The molecule has 1 heterocycles. The molecule has 2 aromatic rings. The van der Waals surface area contributed by atoms with Gasteiger partial charge in [0.15, 0.2) is 0 Å². The van der Waals surface area contributed by atoms with E-state index in [0.717, 1.165) is 0 Å². The number of H-pyrrole nitrogens is 1. The van der Waals surface area contributed by atoms with Crippen molar-refractivity contribution in [2.75, 3.05) is 0 Å². The molecule has 4 nitrogen and oxygen atoms in total. The summed E-state index contributed by atoms with van der Waals surface area (Å²) >= 11 is 5.81. The second-order valence-corrected chi connectivity index (χ2v) is 3.23. The fourth-order valence-corrected chi connectivity index (χ4v) is 1.58. The van der Waals surface area contributed by atoms with Gasteiger partial charge in [-0.3, -0.25) is 0 Å². The number of hydrogen-bond donors (Lipinski definition) is 3. The molecule has 0 atom stereocenters. The van der Waals surface area contributed by atoms with Gasteiger partial charge in [-0.15, -0.1) is 0 Å². The number of fused-ring (bicyclic) bond motifs is 1. The molecular weight excluding hydrogens is 206 g/mol. The van der Waals surface area contributed by atoms with Gasteiger partial charge in [0.2, 0.25) is 0 Å². The number of aromatic carboxylic acids is 1. The van der Waals surface area contributed by atoms with Crippen LogP contribution in [0.4, 0.5) is 0 Å². The van der Waals surface area contributed by atoms with Crippen LogP contribution in [-0.2, 0) is 0 Å². The first-order chi connectivity index (χ1) is 6.61. The highest BCUT2D eigenvalue weighted by molar-refractivity contribution is 6.35. The van der Waals surface area contributed by atoms with E-state index < -0.39 is 5.97 Å². The number of halogens is 1. The van der Waals surface area contributed by atoms with Crippen molar-refractivity contribution in [3.8, 4) is 5.75 Å². The van der Waals surface area contributed by atoms with Crippen LogP contribution in [0.25, 0.3) is 10.9 Å². The summed E-state index contributed by atoms with van der Waals surface area (Å²) in [5.74, 6) is -1.20. The molecular formula is C9H6ClNO3. The first-order valence-corrected chi connectivity index (χ1v) is 4.21. The van der Waals surface area contributed by atoms with Crippen molar-refractivity contribution < 1.29 is 15.0 Å². The maximum atomic E-state index is 10.8. The van der Waals surface area contributed by atoms with Gasteiger partial charge in [0.1, 0.15) is 5.75 Å². The Morgan fingerprint density at radius 1 is 1.43 bits per heavy atom. The SMILES string of the molecule is O=C(O)c1c[nH]c2c(Cl)ccc(O)c12. The molecule has 0 saturated carbocycles. The number of aromatic nitrogens is 1. The van der Waals surface area contributed by atoms with Crippen LogP contribution in [-0.4, -0.2) is 21.2 Å². The summed E-state index contributed by atoms with van der Waals surface area (Å²) in [6.45, 7) is 0. The number of carbonyl (C=O) groups is 1. The highest BCUT2D eigenvalue weighted by atomic mass is 35.5. The van der Waals surface area contributed by atoms with Crippen molar-refractivity contribution in [3.05, 3.63) is 28.9 Å². The maximum absolute atomic E-state index is 10.8. The number of hydrogen-bond acceptors (Lipinski definition) is 2. The molecule has 0 unspecified atom stereocenters. The molecule has 3 N–H and O–H groups in total. The number of phenolic OH excluding ortho intramolecular Hbond substituents is 1. The zero-order chi connectivity index (χ0) is 10.3. The van der Waals surface area contributed by atoms with E-state index >= 15 is 0 Å². The minimum Gasteiger partial charge on any atom is -0.507 e. The van der Waals surface area contributed by atoms with E-state index in [1.165, 1.54) is 18.3 Å². The number of aromatic hydroxyl groups is 1. The van der Waals surface area contributed by atoms with Crippen LogP contribution in [0.1, 0.15) is 10.4 Å². The summed E-state index contributed by atoms with van der Waals surface area (Å²) in [4.78, 5) is 13.5. The number of rotatable bonds is 1. The van der Waals surface area contributed by atoms with Crippen LogP contribution >= 0.6 is 11.6 Å². The normalized spacial score (nSPS) is 10.6. The lowest BCUT2D eigenvalue weighted by Crippen LogP contribution is -1.93. The Morgan fingerprint density at radius 3 is 2.79 bits per heavy atom. The predicted molar refractivity (Wildman–Crippen MR) is 51.9 cm³/mol. The third-order valence-electron chi connectivity index (χ3n) is 1.99. The molecule has 0 saturated heterocycles. The Hall–Kier alpha value is -1.68. The molecule has 0 aliphatic carbocycles. The highest BCUT2D eigenvalue weighted by Crippen LogP contribution is 2.32. The first-order valence-electron chi connectivity index (χ1n) is 3.83. The van der Waals surface area contributed by atoms with Gasteiger partial charge < -0.3 is 15.2 Å². The summed E-state index contributed by atoms with van der Waals surface area (Å²) in [5, 5.41) is 18.9. The second kappa shape index (κ2) is 2.92. The number of aromatic amines is 1. The Kier molecular flexibility index (Phi) is 1.86. The largest absolute Gasteiger partial charge is 0.507 e. The number of nitrogens with one attached hydrogen (secondary N) is 1. The summed E-state index contributed by atoms with van der Waals surface area (Å²) in [7, 11) is 0. The number of phenols is 1. The van der Waals surface area contributed by atoms with Crippen molar-refractivity contribution in [3.63, 3.8) is 0 Å². The van der Waals surface area contributed by atoms with Gasteiger partial charge in [-0.2, -0.15) is 0 Å². The molecule has 1 aromatic heterocycles. The average Bonchev–Trinajstić information content (AvgIpc) is 2.56. The smallest absolute Gasteiger partial charge is 0.338 e. The van der Waals surface area contributed by atoms with E-state index in [4.69, 9.17) is 16.7 Å². The van der Waals surface area contributed by atoms with Crippen LogP contribution in [0.3, 0.4) is 0 Å². The van der Waals surface area contributed by atoms with Gasteiger partial charge in [-0.05, 0) is 12.1 Å². The van der Waals surface area contributed by atoms with Gasteiger partial charge in [-0.1, -0.05) is 11.6 Å². The van der Waals surface area contributed by atoms with Crippen molar-refractivity contribution in [1.82, 2.24) is 4.98 Å². The third-order valence-corrected chi connectivity index (χ3v) is 2.31. The summed E-state index contributed by atoms with van der Waals surface area (Å²) in [6.07, 6.45) is 1.30. The van der Waals surface area contributed by atoms with Crippen molar-refractivity contribution in [2.45, 2.75) is 0 Å². The molecule has 5 heteroatoms. The molecule has 0 bridgehead atoms. The van der Waals surface area contributed by atoms with Gasteiger partial charge in [0, 0.05) is 6.20 Å². The Labute approximate surface area is 83.7 Å². The lowest BCUT2D eigenvalue weighted by atomic mass is 10.1. The first kappa shape index (κ1) is 8.90. The molecule has 0 aliphatic heterocycles. The molecule has 0 radical (unpaired) electrons. The van der Waals surface area contributed by atoms with Crippen LogP contribution < -0.4 is 0 Å². The van der Waals surface area contributed by atoms with E-state index in [0.29, 0.717) is 10.5 Å². The Morgan fingerprint density at radius 2 is 2.14 bits per heavy atom. The quantitative estimate of drug-likeness (QED) is 0.677. The van der Waals surface area contributed by atoms with Gasteiger partial charge in [0.05, 0.1) is 21.5 Å². The minimum atomic E-state index is -1.10. The molecule has 0 amide bonds. The molecule has 14 heavy (non-hydrogen) atoms. The van der Waals surface area contributed by atoms with E-state index in [1.807, 2.05) is 0 Å². The zero-order valence-electron chi connectivity index (χ0n) is 6.91. The van der Waals surface area contributed by atoms with Crippen LogP contribution in [0, 0.1) is 0 Å². The molecule has 0 aliphatic rings. The molecule has 0 fully saturated rings. The maximum Gasteiger partial charge on any atom is 0.338 e. The zero-order valence-corrected chi connectivity index (χ0v) is 7.67. The predicted octanol–water partition coefficient (Wildman–Crippen LogP) is 2.23. The minimum absolute atomic E-state index is 0.0139. The summed E-state index contributed by atoms with van der Waals surface area (Å²) in [5.41, 5.74) is 0.448. The Balaban J connectivity index is 2.90. The van der Waals surface area contributed by atoms with Crippen molar-refractivity contribution in [1.29, 1.82) is 0 Å². The monoisotopic (exact) mass is 211 g/mol. The van der Waals surface area contributed by atoms with E-state index in [1.54, 1.807) is 0 Å². The van der Waals surface area contributed by atoms with Crippen LogP contribution in [0.15, 0.2) is 18.3 Å². The number of benzene rings is 1. The van der Waals surface area contributed by atoms with E-state index in [2.05, 4.69) is 4.98 Å². The molecule has 2 rings (SSSR count). The van der Waals surface area contributed by atoms with E-state index in [-0.39, 0.29) is 16.7 Å². The fraction of sp³-hybridized carbons (Fsp3) is 0. The summed E-state index contributed by atoms with van der Waals surface area (Å²) < 4.78 is 0. The van der Waals surface area contributed by atoms with Crippen LogP contribution in [0.5, 0.6) is 5.75 Å². The average molecular weight is 212 g/mol. The van der Waals surface area contributed by atoms with Crippen molar-refractivity contribution in [2.24, 2.45) is 0 Å². The second-order valence-electron chi connectivity index (χ2n) is 2.82. The lowest BCUT2D eigenvalue weighted by Gasteiger charge is -1.98. The van der Waals surface area contributed by atoms with Gasteiger partial charge in [-0.25, -0.2) is 4.79 Å². The lowest BCUT2D eigenvalue weighted by molar-refractivity contribution is 0.0699. The van der Waals surface area contributed by atoms with Crippen molar-refractivity contribution >= 4 is 28.5 Å². The number of carboxylic acid groups (broad SMARTS) is 1. The highest BCUT2D eigenvalue weighted by Gasteiger charge is 2.15. The number of carboxylic acids is 1. The standard InChI is InChI=1S/C9H6ClNO3/c10-5-1-2-6(12)7-4(9(13)14)3-11-8(5)7/h1-3,11-12H,(H,13,14). The Bertz CT molecular complexity index is 518. The van der Waals surface area contributed by atoms with Gasteiger partial charge in [0.25, 0.3) is 0 Å². The summed E-state index contributed by atoms with van der Waals surface area (Å²) in [6, 6.07) is 2.87. The fourth-order valence-electron chi connectivity index (χ4n) is 1.37. The van der Waals surface area contributed by atoms with Gasteiger partial charge >= 0.3 is 5.97 Å². The van der Waals surface area contributed by atoms with Crippen LogP contribution in [0.2, 0.25) is 5.02 Å². The topological polar surface area (TPSA) is 73.3 Å².